The number of oxime groups is 1. The Hall–Kier alpha value is -3.66. The molecule has 1 amide bonds. The summed E-state index contributed by atoms with van der Waals surface area (Å²) in [6.45, 7) is 9.83. The summed E-state index contributed by atoms with van der Waals surface area (Å²) in [5, 5.41) is 40.9. The predicted molar refractivity (Wildman–Crippen MR) is 262 cm³/mol. The van der Waals surface area contributed by atoms with E-state index in [4.69, 9.17) is 42.7 Å². The van der Waals surface area contributed by atoms with Gasteiger partial charge in [-0.1, -0.05) is 55.8 Å². The number of carbonyl (C=O) groups excluding carboxylic acids is 3. The summed E-state index contributed by atoms with van der Waals surface area (Å²) in [5.74, 6) is -2.59. The summed E-state index contributed by atoms with van der Waals surface area (Å²) in [4.78, 5) is 48.7. The Kier molecular flexibility index (Phi) is 21.6. The highest BCUT2D eigenvalue weighted by Crippen LogP contribution is 2.36. The first-order valence-corrected chi connectivity index (χ1v) is 25.6. The molecular weight excluding hydrogens is 919 g/mol. The number of allylic oxidation sites excluding steroid dienone is 3. The summed E-state index contributed by atoms with van der Waals surface area (Å²) >= 11 is 0. The van der Waals surface area contributed by atoms with Gasteiger partial charge in [-0.05, 0) is 103 Å². The van der Waals surface area contributed by atoms with Crippen LogP contribution in [0.1, 0.15) is 102 Å². The van der Waals surface area contributed by atoms with Crippen LogP contribution in [0, 0.1) is 23.7 Å². The van der Waals surface area contributed by atoms with E-state index in [1.807, 2.05) is 45.9 Å². The van der Waals surface area contributed by atoms with Crippen LogP contribution in [0.5, 0.6) is 0 Å². The molecular formula is C53H81N3O15. The number of aliphatic hydroxyl groups is 3. The van der Waals surface area contributed by atoms with Gasteiger partial charge in [0.25, 0.3) is 5.91 Å². The lowest BCUT2D eigenvalue weighted by atomic mass is 9.79. The molecule has 71 heavy (non-hydrogen) atoms. The molecule has 4 fully saturated rings. The van der Waals surface area contributed by atoms with Crippen molar-refractivity contribution in [2.24, 2.45) is 28.8 Å². The number of benzene rings is 1. The minimum Gasteiger partial charge on any atom is -0.462 e. The molecule has 0 aromatic heterocycles. The van der Waals surface area contributed by atoms with Crippen LogP contribution in [0.25, 0.3) is 0 Å². The standard InChI is InChI=1S/C53H81N3O15/c1-10-42-37(27-66-43-20-19-41(58)50(63-8)51(43)64-9)23-30(2)11-18-40(57)31(3)24-36-21-22-65-28-39(55-68-26-34-12-14-35(15-13-34)52(62)54-38-16-17-38)29-67-44(25-45(59)70-42)32(4)49(36)71-53-48(61)46(56(6)7)47(60)33(5)69-53/h11-15,18,23,31-33,36-38,41-44,46-51,53,58,60-61H,10,16-17,19-22,24-29H2,1-9H3,(H,54,62)/b18-11+,30-23+,55-39+/t31-,32+,33-,36?,37-,41-,42-,43-,44-,46+,47-,48-,49-,50-,51+,53+/m1/s1. The molecule has 2 bridgehead atoms. The van der Waals surface area contributed by atoms with Crippen molar-refractivity contribution < 1.29 is 72.4 Å². The number of likely N-dealkylation sites (N-methyl/N-ethyl adjacent to an activating group) is 1. The zero-order valence-electron chi connectivity index (χ0n) is 43.2. The Balaban J connectivity index is 1.30. The number of amides is 1. The number of cyclic esters (lactones) is 1. The molecule has 1 unspecified atom stereocenters. The molecule has 2 saturated heterocycles. The van der Waals surface area contributed by atoms with E-state index in [1.54, 1.807) is 57.3 Å². The van der Waals surface area contributed by atoms with Crippen LogP contribution in [0.4, 0.5) is 0 Å². The molecule has 1 aromatic rings. The molecule has 18 nitrogen and oxygen atoms in total. The molecule has 1 aromatic carbocycles. The maximum absolute atomic E-state index is 14.5. The average molecular weight is 1000 g/mol. The van der Waals surface area contributed by atoms with Gasteiger partial charge >= 0.3 is 5.97 Å². The molecule has 5 aliphatic rings. The number of ketones is 1. The lowest BCUT2D eigenvalue weighted by molar-refractivity contribution is -0.305. The van der Waals surface area contributed by atoms with Crippen molar-refractivity contribution in [3.05, 3.63) is 59.2 Å². The minimum atomic E-state index is -1.26. The van der Waals surface area contributed by atoms with E-state index < -0.39 is 97.1 Å². The van der Waals surface area contributed by atoms with Gasteiger partial charge in [-0.25, -0.2) is 0 Å². The molecule has 2 aliphatic carbocycles. The fraction of sp³-hybridized carbons (Fsp3) is 0.736. The third-order valence-corrected chi connectivity index (χ3v) is 14.7. The predicted octanol–water partition coefficient (Wildman–Crippen LogP) is 4.30. The number of aliphatic hydroxyl groups excluding tert-OH is 3. The smallest absolute Gasteiger partial charge is 0.308 e. The van der Waals surface area contributed by atoms with Crippen LogP contribution < -0.4 is 5.32 Å². The lowest BCUT2D eigenvalue weighted by Crippen LogP contribution is -2.63. The van der Waals surface area contributed by atoms with Gasteiger partial charge in [-0.2, -0.15) is 0 Å². The number of esters is 1. The quantitative estimate of drug-likeness (QED) is 0.151. The monoisotopic (exact) mass is 1000 g/mol. The van der Waals surface area contributed by atoms with E-state index in [9.17, 15) is 29.7 Å². The van der Waals surface area contributed by atoms with Crippen molar-refractivity contribution in [1.29, 1.82) is 0 Å². The first-order chi connectivity index (χ1) is 34.0. The van der Waals surface area contributed by atoms with E-state index in [-0.39, 0.29) is 63.1 Å². The van der Waals surface area contributed by atoms with Crippen LogP contribution in [-0.2, 0) is 58.9 Å². The van der Waals surface area contributed by atoms with Crippen molar-refractivity contribution >= 4 is 23.4 Å². The van der Waals surface area contributed by atoms with Gasteiger partial charge in [-0.15, -0.1) is 0 Å². The van der Waals surface area contributed by atoms with Gasteiger partial charge in [0.05, 0.1) is 68.9 Å². The highest BCUT2D eigenvalue weighted by atomic mass is 16.7. The van der Waals surface area contributed by atoms with E-state index in [1.165, 1.54) is 7.11 Å². The minimum absolute atomic E-state index is 0.0468. The molecule has 6 rings (SSSR count). The second-order valence-corrected chi connectivity index (χ2v) is 20.4. The first-order valence-electron chi connectivity index (χ1n) is 25.6. The van der Waals surface area contributed by atoms with Crippen molar-refractivity contribution in [3.8, 4) is 0 Å². The van der Waals surface area contributed by atoms with E-state index in [2.05, 4.69) is 10.5 Å². The van der Waals surface area contributed by atoms with Crippen molar-refractivity contribution in [3.63, 3.8) is 0 Å². The molecule has 0 radical (unpaired) electrons. The number of carbonyl (C=O) groups is 3. The topological polar surface area (TPSA) is 223 Å². The van der Waals surface area contributed by atoms with Gasteiger partial charge in [0.2, 0.25) is 0 Å². The second-order valence-electron chi connectivity index (χ2n) is 20.4. The summed E-state index contributed by atoms with van der Waals surface area (Å²) < 4.78 is 50.4. The molecule has 398 valence electrons. The summed E-state index contributed by atoms with van der Waals surface area (Å²) in [6, 6.07) is 6.69. The second kappa shape index (κ2) is 27.0. The number of hydrogen-bond acceptors (Lipinski definition) is 17. The van der Waals surface area contributed by atoms with E-state index in [0.29, 0.717) is 43.4 Å². The molecule has 2 saturated carbocycles. The van der Waals surface area contributed by atoms with E-state index in [0.717, 1.165) is 24.0 Å². The zero-order chi connectivity index (χ0) is 51.4. The molecule has 18 heteroatoms. The summed E-state index contributed by atoms with van der Waals surface area (Å²) in [6.07, 6.45) is 0.724. The Morgan fingerprint density at radius 1 is 0.915 bits per heavy atom. The number of fused-ring (bicyclic) bond motifs is 3. The Bertz CT molecular complexity index is 1960. The average Bonchev–Trinajstić information content (AvgIpc) is 4.17. The fourth-order valence-corrected chi connectivity index (χ4v) is 10.3. The number of rotatable bonds is 14. The summed E-state index contributed by atoms with van der Waals surface area (Å²) in [7, 11) is 6.64. The van der Waals surface area contributed by atoms with Crippen molar-refractivity contribution in [1.82, 2.24) is 10.2 Å². The van der Waals surface area contributed by atoms with Crippen LogP contribution in [0.3, 0.4) is 0 Å². The van der Waals surface area contributed by atoms with E-state index >= 15 is 0 Å². The number of nitrogens with one attached hydrogen (secondary N) is 1. The van der Waals surface area contributed by atoms with Crippen LogP contribution in [0.2, 0.25) is 0 Å². The number of nitrogens with zero attached hydrogens (tertiary/aromatic N) is 2. The fourth-order valence-electron chi connectivity index (χ4n) is 10.3. The first kappa shape index (κ1) is 56.6. The normalized spacial score (nSPS) is 37.9. The Labute approximate surface area is 419 Å². The number of methoxy groups -OCH3 is 2. The van der Waals surface area contributed by atoms with Gasteiger partial charge in [0, 0.05) is 50.2 Å². The highest BCUT2D eigenvalue weighted by Gasteiger charge is 2.48. The SMILES string of the molecule is CC[C@H]1OC(=O)C[C@H]2OC/C(=N/OCc3ccc(C(=O)NC4CC4)cc3)COCCC(C[C@@H](C)C(=O)/C=C/C(C)=C/[C@@H]1CO[C@@H]1CC[C@@H](O)[C@@H](OC)[C@H]1OC)[C@H](O[C@@H]1O[C@H](C)[C@@H](O)[C@H](N(C)C)[C@H]1O)[C@H]2C. The number of ether oxygens (including phenoxy) is 8. The van der Waals surface area contributed by atoms with Gasteiger partial charge < -0.3 is 68.3 Å². The third kappa shape index (κ3) is 15.7. The van der Waals surface area contributed by atoms with Gasteiger partial charge in [-0.3, -0.25) is 14.4 Å². The Morgan fingerprint density at radius 2 is 1.65 bits per heavy atom. The van der Waals surface area contributed by atoms with Crippen molar-refractivity contribution in [2.45, 2.75) is 172 Å². The van der Waals surface area contributed by atoms with Crippen LogP contribution in [-0.4, -0.2) is 178 Å². The number of hydrogen-bond donors (Lipinski definition) is 4. The lowest BCUT2D eigenvalue weighted by Gasteiger charge is -2.47. The van der Waals surface area contributed by atoms with Gasteiger partial charge in [0.1, 0.15) is 36.7 Å². The molecule has 3 heterocycles. The largest absolute Gasteiger partial charge is 0.462 e. The third-order valence-electron chi connectivity index (χ3n) is 14.7. The Morgan fingerprint density at radius 3 is 2.32 bits per heavy atom. The molecule has 3 aliphatic heterocycles. The maximum atomic E-state index is 14.5. The molecule has 4 N–H and O–H groups in total. The van der Waals surface area contributed by atoms with Crippen molar-refractivity contribution in [2.75, 3.05) is 54.7 Å². The maximum Gasteiger partial charge on any atom is 0.308 e. The highest BCUT2D eigenvalue weighted by molar-refractivity contribution is 5.94. The molecule has 16 atom stereocenters. The summed E-state index contributed by atoms with van der Waals surface area (Å²) in [5.41, 5.74) is 2.58. The van der Waals surface area contributed by atoms with Crippen LogP contribution >= 0.6 is 0 Å². The molecule has 0 spiro atoms. The van der Waals surface area contributed by atoms with Gasteiger partial charge in [0.15, 0.2) is 12.1 Å². The zero-order valence-corrected chi connectivity index (χ0v) is 43.2. The van der Waals surface area contributed by atoms with Crippen LogP contribution in [0.15, 0.2) is 53.2 Å².